The topological polar surface area (TPSA) is 140 Å². The minimum absolute atomic E-state index is 0.0503. The third kappa shape index (κ3) is 5.25. The number of primary amides is 1. The molecule has 2 saturated heterocycles. The first-order chi connectivity index (χ1) is 19.4. The molecule has 40 heavy (non-hydrogen) atoms. The molecule has 2 aliphatic carbocycles. The number of carboxylic acids is 1. The highest BCUT2D eigenvalue weighted by Gasteiger charge is 2.45. The van der Waals surface area contributed by atoms with Crippen LogP contribution in [0, 0.1) is 11.8 Å². The van der Waals surface area contributed by atoms with E-state index in [2.05, 4.69) is 15.0 Å². The van der Waals surface area contributed by atoms with Gasteiger partial charge in [-0.2, -0.15) is 0 Å². The number of carboxylic acid groups (broad SMARTS) is 1. The number of piperidine rings is 2. The molecule has 1 aromatic heterocycles. The van der Waals surface area contributed by atoms with Crippen molar-refractivity contribution >= 4 is 28.6 Å². The van der Waals surface area contributed by atoms with E-state index in [0.29, 0.717) is 29.2 Å². The van der Waals surface area contributed by atoms with Crippen LogP contribution in [-0.4, -0.2) is 61.9 Å². The number of hydrogen-bond donors (Lipinski definition) is 2. The smallest absolute Gasteiger partial charge is 0.344 e. The highest BCUT2D eigenvalue weighted by molar-refractivity contribution is 6.44. The average Bonchev–Trinajstić information content (AvgIpc) is 3.09. The monoisotopic (exact) mass is 549 g/mol. The maximum atomic E-state index is 14.0. The zero-order valence-corrected chi connectivity index (χ0v) is 22.9. The molecule has 4 aliphatic rings. The van der Waals surface area contributed by atoms with Crippen molar-refractivity contribution in [1.82, 2.24) is 14.5 Å². The van der Waals surface area contributed by atoms with Crippen LogP contribution >= 0.6 is 0 Å². The van der Waals surface area contributed by atoms with Crippen LogP contribution in [0.1, 0.15) is 88.8 Å². The second-order valence-electron chi connectivity index (χ2n) is 12.3. The summed E-state index contributed by atoms with van der Waals surface area (Å²) in [5.41, 5.74) is 5.70. The molecule has 4 fully saturated rings. The van der Waals surface area contributed by atoms with E-state index in [-0.39, 0.29) is 11.7 Å². The molecule has 3 heterocycles. The molecule has 2 aromatic rings. The molecule has 10 nitrogen and oxygen atoms in total. The fourth-order valence-electron chi connectivity index (χ4n) is 8.33. The number of benzene rings is 1. The highest BCUT2D eigenvalue weighted by atomic mass is 16.6. The number of aliphatic carboxylic acids is 1. The standard InChI is InChI=1S/C30H39N5O5/c31-29(38)27(33-40-17-26(36)37)28-30(39)35(25-11-4-3-10-24(25)32-28)23-15-20-8-5-9-21(16-23)34(20)22-13-18-6-1-2-7-19(12-18)14-22/h3-4,10-11,18-23H,1-2,5-9,12-17H2,(H2,31,38)(H,36,37)/b33-27-/t18-,19+,20-,21+,22?,23+. The summed E-state index contributed by atoms with van der Waals surface area (Å²) in [5, 5.41) is 12.5. The maximum absolute atomic E-state index is 14.0. The Morgan fingerprint density at radius 3 is 2.25 bits per heavy atom. The summed E-state index contributed by atoms with van der Waals surface area (Å²) in [4.78, 5) is 49.3. The van der Waals surface area contributed by atoms with E-state index in [1.807, 2.05) is 18.2 Å². The lowest BCUT2D eigenvalue weighted by molar-refractivity contribution is -0.142. The second kappa shape index (κ2) is 11.3. The first-order valence-corrected chi connectivity index (χ1v) is 14.9. The van der Waals surface area contributed by atoms with Gasteiger partial charge >= 0.3 is 5.97 Å². The van der Waals surface area contributed by atoms with Crippen LogP contribution in [0.2, 0.25) is 0 Å². The third-order valence-corrected chi connectivity index (χ3v) is 9.74. The van der Waals surface area contributed by atoms with Gasteiger partial charge in [0.05, 0.1) is 11.0 Å². The van der Waals surface area contributed by atoms with E-state index in [0.717, 1.165) is 37.5 Å². The lowest BCUT2D eigenvalue weighted by Crippen LogP contribution is -2.58. The highest BCUT2D eigenvalue weighted by Crippen LogP contribution is 2.47. The Morgan fingerprint density at radius 2 is 1.60 bits per heavy atom. The van der Waals surface area contributed by atoms with Crippen molar-refractivity contribution in [2.75, 3.05) is 6.61 Å². The quantitative estimate of drug-likeness (QED) is 0.397. The van der Waals surface area contributed by atoms with Crippen molar-refractivity contribution in [2.45, 2.75) is 101 Å². The van der Waals surface area contributed by atoms with Crippen LogP contribution in [0.5, 0.6) is 0 Å². The molecule has 2 aliphatic heterocycles. The van der Waals surface area contributed by atoms with E-state index < -0.39 is 29.8 Å². The van der Waals surface area contributed by atoms with Crippen molar-refractivity contribution in [3.8, 4) is 0 Å². The molecule has 6 rings (SSSR count). The number of carbonyl (C=O) groups is 2. The van der Waals surface area contributed by atoms with Gasteiger partial charge in [-0.25, -0.2) is 9.78 Å². The molecule has 214 valence electrons. The lowest BCUT2D eigenvalue weighted by atomic mass is 9.73. The molecular weight excluding hydrogens is 510 g/mol. The lowest BCUT2D eigenvalue weighted by Gasteiger charge is -2.54. The van der Waals surface area contributed by atoms with Crippen LogP contribution in [0.4, 0.5) is 0 Å². The van der Waals surface area contributed by atoms with Crippen LogP contribution in [0.3, 0.4) is 0 Å². The third-order valence-electron chi connectivity index (χ3n) is 9.74. The first kappa shape index (κ1) is 26.9. The van der Waals surface area contributed by atoms with Gasteiger partial charge < -0.3 is 20.2 Å². The second-order valence-corrected chi connectivity index (χ2v) is 12.3. The zero-order valence-electron chi connectivity index (χ0n) is 22.9. The minimum atomic E-state index is -1.26. The van der Waals surface area contributed by atoms with Crippen molar-refractivity contribution in [3.63, 3.8) is 0 Å². The van der Waals surface area contributed by atoms with Gasteiger partial charge in [0, 0.05) is 24.2 Å². The summed E-state index contributed by atoms with van der Waals surface area (Å²) < 4.78 is 1.79. The number of oxime groups is 1. The van der Waals surface area contributed by atoms with Gasteiger partial charge in [0.1, 0.15) is 0 Å². The van der Waals surface area contributed by atoms with Gasteiger partial charge in [-0.05, 0) is 68.9 Å². The summed E-state index contributed by atoms with van der Waals surface area (Å²) in [7, 11) is 0. The molecule has 3 N–H and O–H groups in total. The summed E-state index contributed by atoms with van der Waals surface area (Å²) in [6.07, 6.45) is 14.8. The summed E-state index contributed by atoms with van der Waals surface area (Å²) in [5.74, 6) is -0.544. The summed E-state index contributed by atoms with van der Waals surface area (Å²) >= 11 is 0. The minimum Gasteiger partial charge on any atom is -0.479 e. The molecule has 10 heteroatoms. The van der Waals surface area contributed by atoms with Gasteiger partial charge in [-0.3, -0.25) is 14.5 Å². The SMILES string of the molecule is NC(=O)/C(=N\OCC(=O)O)c1nc2ccccc2n([C@H]2C[C@H]3CCC[C@@H](C2)N3C2C[C@H]3CCCC[C@@H](C2)C3)c1=O. The maximum Gasteiger partial charge on any atom is 0.344 e. The van der Waals surface area contributed by atoms with Crippen LogP contribution < -0.4 is 11.3 Å². The Kier molecular flexibility index (Phi) is 7.61. The Bertz CT molecular complexity index is 1340. The number of nitrogens with two attached hydrogens (primary N) is 1. The Morgan fingerprint density at radius 1 is 0.925 bits per heavy atom. The Labute approximate surface area is 233 Å². The molecule has 0 radical (unpaired) electrons. The van der Waals surface area contributed by atoms with Gasteiger partial charge in [0.2, 0.25) is 6.61 Å². The Balaban J connectivity index is 1.35. The van der Waals surface area contributed by atoms with Crippen molar-refractivity contribution in [3.05, 3.63) is 40.3 Å². The molecule has 1 unspecified atom stereocenters. The first-order valence-electron chi connectivity index (χ1n) is 14.9. The van der Waals surface area contributed by atoms with Gasteiger partial charge in [0.15, 0.2) is 11.4 Å². The average molecular weight is 550 g/mol. The summed E-state index contributed by atoms with van der Waals surface area (Å²) in [6, 6.07) is 8.84. The summed E-state index contributed by atoms with van der Waals surface area (Å²) in [6.45, 7) is -0.761. The number of amides is 1. The molecule has 1 amide bonds. The van der Waals surface area contributed by atoms with E-state index in [9.17, 15) is 14.4 Å². The molecule has 4 bridgehead atoms. The number of para-hydroxylation sites is 2. The van der Waals surface area contributed by atoms with Gasteiger partial charge in [-0.15, -0.1) is 0 Å². The zero-order chi connectivity index (χ0) is 27.8. The van der Waals surface area contributed by atoms with Crippen molar-refractivity contribution in [2.24, 2.45) is 22.7 Å². The fraction of sp³-hybridized carbons (Fsp3) is 0.633. The van der Waals surface area contributed by atoms with E-state index in [4.69, 9.17) is 15.7 Å². The van der Waals surface area contributed by atoms with Crippen molar-refractivity contribution < 1.29 is 19.5 Å². The predicted octanol–water partition coefficient (Wildman–Crippen LogP) is 3.60. The van der Waals surface area contributed by atoms with Gasteiger partial charge in [-0.1, -0.05) is 49.4 Å². The predicted molar refractivity (Wildman–Crippen MR) is 150 cm³/mol. The Hall–Kier alpha value is -3.27. The number of rotatable bonds is 7. The number of carbonyl (C=O) groups excluding carboxylic acids is 1. The normalized spacial score (nSPS) is 30.9. The molecule has 6 atom stereocenters. The van der Waals surface area contributed by atoms with Gasteiger partial charge in [0.25, 0.3) is 11.5 Å². The van der Waals surface area contributed by atoms with Crippen LogP contribution in [-0.2, 0) is 14.4 Å². The molecular formula is C30H39N5O5. The number of aromatic nitrogens is 2. The van der Waals surface area contributed by atoms with Crippen LogP contribution in [0.15, 0.2) is 34.2 Å². The largest absolute Gasteiger partial charge is 0.479 e. The number of nitrogens with zero attached hydrogens (tertiary/aromatic N) is 4. The molecule has 0 spiro atoms. The fourth-order valence-corrected chi connectivity index (χ4v) is 8.33. The van der Waals surface area contributed by atoms with Crippen molar-refractivity contribution in [1.29, 1.82) is 0 Å². The van der Waals surface area contributed by atoms with E-state index >= 15 is 0 Å². The molecule has 1 aromatic carbocycles. The molecule has 2 saturated carbocycles. The van der Waals surface area contributed by atoms with Crippen LogP contribution in [0.25, 0.3) is 11.0 Å². The number of fused-ring (bicyclic) bond motifs is 5. The number of hydrogen-bond acceptors (Lipinski definition) is 7. The van der Waals surface area contributed by atoms with E-state index in [1.54, 1.807) is 10.6 Å². The van der Waals surface area contributed by atoms with E-state index in [1.165, 1.54) is 51.4 Å².